The van der Waals surface area contributed by atoms with Crippen LogP contribution in [0.2, 0.25) is 0 Å². The number of amides is 1. The second-order valence-corrected chi connectivity index (χ2v) is 5.19. The van der Waals surface area contributed by atoms with Gasteiger partial charge in [0, 0.05) is 17.3 Å². The van der Waals surface area contributed by atoms with E-state index in [1.807, 2.05) is 13.0 Å². The summed E-state index contributed by atoms with van der Waals surface area (Å²) in [4.78, 5) is 23.2. The molecule has 0 aliphatic heterocycles. The summed E-state index contributed by atoms with van der Waals surface area (Å²) in [5.41, 5.74) is 8.45. The summed E-state index contributed by atoms with van der Waals surface area (Å²) in [7, 11) is 0. The van der Waals surface area contributed by atoms with Crippen molar-refractivity contribution < 1.29 is 14.3 Å². The normalized spacial score (nSPS) is 10.6. The number of nitrogens with one attached hydrogen (secondary N) is 1. The predicted molar refractivity (Wildman–Crippen MR) is 96.1 cm³/mol. The van der Waals surface area contributed by atoms with E-state index < -0.39 is 0 Å². The first kappa shape index (κ1) is 17.3. The smallest absolute Gasteiger partial charge is 0.248 e. The van der Waals surface area contributed by atoms with Crippen LogP contribution in [0.25, 0.3) is 6.08 Å². The highest BCUT2D eigenvalue weighted by Crippen LogP contribution is 2.23. The summed E-state index contributed by atoms with van der Waals surface area (Å²) in [6.07, 6.45) is 3.10. The Bertz CT molecular complexity index is 765. The van der Waals surface area contributed by atoms with E-state index in [4.69, 9.17) is 10.5 Å². The molecular formula is C19H20N2O3. The molecule has 1 amide bonds. The molecule has 0 radical (unpaired) electrons. The van der Waals surface area contributed by atoms with Gasteiger partial charge in [-0.2, -0.15) is 0 Å². The maximum Gasteiger partial charge on any atom is 0.248 e. The first-order valence-electron chi connectivity index (χ1n) is 7.62. The fourth-order valence-electron chi connectivity index (χ4n) is 2.10. The van der Waals surface area contributed by atoms with Gasteiger partial charge in [0.25, 0.3) is 0 Å². The lowest BCUT2D eigenvalue weighted by molar-refractivity contribution is -0.111. The Balaban J connectivity index is 1.99. The van der Waals surface area contributed by atoms with Gasteiger partial charge in [0.05, 0.1) is 12.3 Å². The average Bonchev–Trinajstić information content (AvgIpc) is 2.56. The molecule has 0 saturated heterocycles. The van der Waals surface area contributed by atoms with Gasteiger partial charge in [-0.3, -0.25) is 9.59 Å². The van der Waals surface area contributed by atoms with E-state index in [2.05, 4.69) is 5.32 Å². The first-order chi connectivity index (χ1) is 11.5. The number of ether oxygens (including phenoxy) is 1. The number of benzene rings is 2. The molecule has 0 aromatic heterocycles. The molecule has 0 unspecified atom stereocenters. The molecule has 2 aromatic rings. The largest absolute Gasteiger partial charge is 0.492 e. The van der Waals surface area contributed by atoms with Gasteiger partial charge in [-0.25, -0.2) is 0 Å². The summed E-state index contributed by atoms with van der Waals surface area (Å²) in [5, 5.41) is 2.73. The van der Waals surface area contributed by atoms with Gasteiger partial charge in [0.1, 0.15) is 5.75 Å². The van der Waals surface area contributed by atoms with Crippen molar-refractivity contribution in [3.63, 3.8) is 0 Å². The lowest BCUT2D eigenvalue weighted by atomic mass is 10.1. The molecule has 0 saturated carbocycles. The van der Waals surface area contributed by atoms with Crippen molar-refractivity contribution in [3.8, 4) is 5.75 Å². The van der Waals surface area contributed by atoms with E-state index in [0.717, 1.165) is 5.56 Å². The summed E-state index contributed by atoms with van der Waals surface area (Å²) in [6.45, 7) is 3.93. The first-order valence-corrected chi connectivity index (χ1v) is 7.62. The molecule has 124 valence electrons. The van der Waals surface area contributed by atoms with Crippen molar-refractivity contribution >= 4 is 29.1 Å². The molecule has 24 heavy (non-hydrogen) atoms. The predicted octanol–water partition coefficient (Wildman–Crippen LogP) is 3.52. The lowest BCUT2D eigenvalue weighted by Gasteiger charge is -2.07. The van der Waals surface area contributed by atoms with E-state index in [1.165, 1.54) is 13.0 Å². The Morgan fingerprint density at radius 3 is 2.46 bits per heavy atom. The van der Waals surface area contributed by atoms with Gasteiger partial charge in [0.2, 0.25) is 5.91 Å². The lowest BCUT2D eigenvalue weighted by Crippen LogP contribution is -2.07. The maximum atomic E-state index is 11.9. The van der Waals surface area contributed by atoms with Gasteiger partial charge in [-0.1, -0.05) is 6.07 Å². The van der Waals surface area contributed by atoms with Crippen LogP contribution in [0.4, 0.5) is 11.4 Å². The zero-order valence-electron chi connectivity index (χ0n) is 13.7. The van der Waals surface area contributed by atoms with Gasteiger partial charge in [-0.05, 0) is 61.9 Å². The van der Waals surface area contributed by atoms with Crippen LogP contribution in [0.1, 0.15) is 29.8 Å². The fourth-order valence-corrected chi connectivity index (χ4v) is 2.10. The fraction of sp³-hybridized carbons (Fsp3) is 0.158. The van der Waals surface area contributed by atoms with Crippen LogP contribution in [0.15, 0.2) is 48.5 Å². The number of nitrogens with two attached hydrogens (primary N) is 1. The average molecular weight is 324 g/mol. The number of nitrogen functional groups attached to an aromatic ring is 1. The van der Waals surface area contributed by atoms with Gasteiger partial charge in [0.15, 0.2) is 5.78 Å². The molecule has 0 bridgehead atoms. The van der Waals surface area contributed by atoms with Crippen molar-refractivity contribution in [2.75, 3.05) is 17.7 Å². The second kappa shape index (κ2) is 7.97. The van der Waals surface area contributed by atoms with Crippen LogP contribution in [-0.4, -0.2) is 18.3 Å². The number of rotatable bonds is 6. The van der Waals surface area contributed by atoms with Crippen LogP contribution >= 0.6 is 0 Å². The number of Topliss-reactive ketones (excluding diaryl/α,β-unsaturated/α-hetero) is 1. The zero-order valence-corrected chi connectivity index (χ0v) is 13.7. The molecular weight excluding hydrogens is 304 g/mol. The summed E-state index contributed by atoms with van der Waals surface area (Å²) >= 11 is 0. The van der Waals surface area contributed by atoms with Crippen molar-refractivity contribution in [1.29, 1.82) is 0 Å². The Morgan fingerprint density at radius 2 is 1.88 bits per heavy atom. The molecule has 0 aliphatic rings. The number of hydrogen-bond acceptors (Lipinski definition) is 4. The van der Waals surface area contributed by atoms with Gasteiger partial charge in [-0.15, -0.1) is 0 Å². The molecule has 0 atom stereocenters. The van der Waals surface area contributed by atoms with E-state index in [0.29, 0.717) is 29.3 Å². The van der Waals surface area contributed by atoms with Gasteiger partial charge >= 0.3 is 0 Å². The molecule has 0 aliphatic carbocycles. The number of carbonyl (C=O) groups is 2. The Morgan fingerprint density at radius 1 is 1.17 bits per heavy atom. The maximum absolute atomic E-state index is 11.9. The highest BCUT2D eigenvalue weighted by molar-refractivity contribution is 6.02. The number of anilines is 2. The standard InChI is InChI=1S/C19H20N2O3/c1-3-24-18-10-4-14(12-17(18)20)5-11-19(23)21-16-8-6-15(7-9-16)13(2)22/h4-12H,3,20H2,1-2H3,(H,21,23)/b11-5-. The molecule has 0 spiro atoms. The van der Waals surface area contributed by atoms with Crippen molar-refractivity contribution in [1.82, 2.24) is 0 Å². The van der Waals surface area contributed by atoms with Crippen LogP contribution < -0.4 is 15.8 Å². The van der Waals surface area contributed by atoms with Crippen LogP contribution in [-0.2, 0) is 4.79 Å². The number of carbonyl (C=O) groups excluding carboxylic acids is 2. The SMILES string of the molecule is CCOc1ccc(/C=C\C(=O)Nc2ccc(C(C)=O)cc2)cc1N. The van der Waals surface area contributed by atoms with Crippen molar-refractivity contribution in [3.05, 3.63) is 59.7 Å². The quantitative estimate of drug-likeness (QED) is 0.484. The highest BCUT2D eigenvalue weighted by atomic mass is 16.5. The van der Waals surface area contributed by atoms with E-state index >= 15 is 0 Å². The van der Waals surface area contributed by atoms with E-state index in [9.17, 15) is 9.59 Å². The van der Waals surface area contributed by atoms with Crippen molar-refractivity contribution in [2.45, 2.75) is 13.8 Å². The molecule has 0 heterocycles. The summed E-state index contributed by atoms with van der Waals surface area (Å²) in [6, 6.07) is 12.1. The van der Waals surface area contributed by atoms with Gasteiger partial charge < -0.3 is 15.8 Å². The van der Waals surface area contributed by atoms with Crippen molar-refractivity contribution in [2.24, 2.45) is 0 Å². The Kier molecular flexibility index (Phi) is 5.73. The third-order valence-electron chi connectivity index (χ3n) is 3.32. The third-order valence-corrected chi connectivity index (χ3v) is 3.32. The number of ketones is 1. The monoisotopic (exact) mass is 324 g/mol. The molecule has 3 N–H and O–H groups in total. The second-order valence-electron chi connectivity index (χ2n) is 5.19. The van der Waals surface area contributed by atoms with E-state index in [1.54, 1.807) is 42.5 Å². The minimum Gasteiger partial charge on any atom is -0.492 e. The van der Waals surface area contributed by atoms with Crippen LogP contribution in [0.5, 0.6) is 5.75 Å². The van der Waals surface area contributed by atoms with E-state index in [-0.39, 0.29) is 11.7 Å². The Hall–Kier alpha value is -3.08. The minimum atomic E-state index is -0.266. The summed E-state index contributed by atoms with van der Waals surface area (Å²) < 4.78 is 5.37. The van der Waals surface area contributed by atoms with Crippen LogP contribution in [0.3, 0.4) is 0 Å². The summed E-state index contributed by atoms with van der Waals surface area (Å²) in [5.74, 6) is 0.351. The Labute approximate surface area is 141 Å². The molecule has 2 aromatic carbocycles. The molecule has 2 rings (SSSR count). The highest BCUT2D eigenvalue weighted by Gasteiger charge is 2.02. The number of hydrogen-bond donors (Lipinski definition) is 2. The molecule has 0 fully saturated rings. The minimum absolute atomic E-state index is 0.0131. The topological polar surface area (TPSA) is 81.4 Å². The molecule has 5 heteroatoms. The third kappa shape index (κ3) is 4.71. The van der Waals surface area contributed by atoms with Crippen LogP contribution in [0, 0.1) is 0 Å². The zero-order chi connectivity index (χ0) is 17.5. The molecule has 5 nitrogen and oxygen atoms in total.